The Morgan fingerprint density at radius 1 is 1.36 bits per heavy atom. The summed E-state index contributed by atoms with van der Waals surface area (Å²) in [6.45, 7) is 4.97. The van der Waals surface area contributed by atoms with Gasteiger partial charge in [-0.05, 0) is 38.1 Å². The molecule has 0 amide bonds. The highest BCUT2D eigenvalue weighted by atomic mass is 19.1. The van der Waals surface area contributed by atoms with Gasteiger partial charge in [0, 0.05) is 13.1 Å². The standard InChI is InChI=1S/C11H22FNO/c1-10-9-13(8-5-11(10)14)7-4-2-3-6-12/h10-11,14H,2-9H2,1H3. The largest absolute Gasteiger partial charge is 0.393 e. The van der Waals surface area contributed by atoms with Crippen molar-refractivity contribution in [2.75, 3.05) is 26.3 Å². The number of nitrogens with zero attached hydrogens (tertiary/aromatic N) is 1. The zero-order valence-electron chi connectivity index (χ0n) is 9.08. The maximum Gasteiger partial charge on any atom is 0.0894 e. The van der Waals surface area contributed by atoms with Crippen LogP contribution in [-0.2, 0) is 0 Å². The summed E-state index contributed by atoms with van der Waals surface area (Å²) in [6.07, 6.45) is 3.56. The van der Waals surface area contributed by atoms with Gasteiger partial charge in [-0.1, -0.05) is 6.92 Å². The van der Waals surface area contributed by atoms with Crippen LogP contribution < -0.4 is 0 Å². The monoisotopic (exact) mass is 203 g/mol. The quantitative estimate of drug-likeness (QED) is 0.689. The topological polar surface area (TPSA) is 23.5 Å². The molecule has 1 heterocycles. The summed E-state index contributed by atoms with van der Waals surface area (Å²) in [5, 5.41) is 9.53. The van der Waals surface area contributed by atoms with Crippen molar-refractivity contribution in [3.8, 4) is 0 Å². The van der Waals surface area contributed by atoms with Crippen molar-refractivity contribution >= 4 is 0 Å². The molecule has 2 atom stereocenters. The Balaban J connectivity index is 2.07. The summed E-state index contributed by atoms with van der Waals surface area (Å²) in [6, 6.07) is 0. The summed E-state index contributed by atoms with van der Waals surface area (Å²) in [5.41, 5.74) is 0. The molecule has 14 heavy (non-hydrogen) atoms. The van der Waals surface area contributed by atoms with Gasteiger partial charge < -0.3 is 10.0 Å². The lowest BCUT2D eigenvalue weighted by molar-refractivity contribution is 0.0345. The summed E-state index contributed by atoms with van der Waals surface area (Å²) in [7, 11) is 0. The van der Waals surface area contributed by atoms with Crippen LogP contribution in [0.4, 0.5) is 4.39 Å². The molecule has 2 unspecified atom stereocenters. The van der Waals surface area contributed by atoms with Gasteiger partial charge in [0.25, 0.3) is 0 Å². The van der Waals surface area contributed by atoms with Crippen LogP contribution >= 0.6 is 0 Å². The van der Waals surface area contributed by atoms with Gasteiger partial charge in [0.05, 0.1) is 12.8 Å². The Bertz CT molecular complexity index is 154. The Kier molecular flexibility index (Phi) is 5.41. The van der Waals surface area contributed by atoms with Gasteiger partial charge in [-0.3, -0.25) is 4.39 Å². The molecule has 1 aliphatic heterocycles. The first kappa shape index (κ1) is 11.9. The summed E-state index contributed by atoms with van der Waals surface area (Å²) < 4.78 is 11.8. The third kappa shape index (κ3) is 3.93. The van der Waals surface area contributed by atoms with Crippen molar-refractivity contribution in [3.63, 3.8) is 0 Å². The average molecular weight is 203 g/mol. The van der Waals surface area contributed by atoms with Crippen LogP contribution in [0.1, 0.15) is 32.6 Å². The van der Waals surface area contributed by atoms with E-state index < -0.39 is 0 Å². The van der Waals surface area contributed by atoms with Crippen molar-refractivity contribution < 1.29 is 9.50 Å². The molecule has 0 saturated carbocycles. The molecular formula is C11H22FNO. The number of aliphatic hydroxyl groups is 1. The molecule has 1 N–H and O–H groups in total. The van der Waals surface area contributed by atoms with Gasteiger partial charge in [0.1, 0.15) is 0 Å². The second-order valence-electron chi connectivity index (χ2n) is 4.38. The number of rotatable bonds is 5. The van der Waals surface area contributed by atoms with Gasteiger partial charge >= 0.3 is 0 Å². The molecule has 1 aliphatic rings. The van der Waals surface area contributed by atoms with E-state index in [9.17, 15) is 9.50 Å². The van der Waals surface area contributed by atoms with E-state index in [0.29, 0.717) is 12.3 Å². The molecule has 0 aliphatic carbocycles. The Labute approximate surface area is 86.1 Å². The lowest BCUT2D eigenvalue weighted by Gasteiger charge is -2.34. The average Bonchev–Trinajstić information content (AvgIpc) is 2.18. The van der Waals surface area contributed by atoms with E-state index in [2.05, 4.69) is 11.8 Å². The fourth-order valence-corrected chi connectivity index (χ4v) is 2.03. The van der Waals surface area contributed by atoms with Crippen LogP contribution in [0.25, 0.3) is 0 Å². The van der Waals surface area contributed by atoms with Gasteiger partial charge in [-0.25, -0.2) is 0 Å². The number of piperidine rings is 1. The second kappa shape index (κ2) is 6.36. The van der Waals surface area contributed by atoms with Gasteiger partial charge in [-0.15, -0.1) is 0 Å². The molecule has 0 aromatic carbocycles. The minimum Gasteiger partial charge on any atom is -0.393 e. The molecule has 1 saturated heterocycles. The molecule has 0 spiro atoms. The first-order valence-corrected chi connectivity index (χ1v) is 5.70. The molecule has 0 radical (unpaired) electrons. The van der Waals surface area contributed by atoms with Gasteiger partial charge in [0.2, 0.25) is 0 Å². The fourth-order valence-electron chi connectivity index (χ4n) is 2.03. The number of aliphatic hydroxyl groups excluding tert-OH is 1. The molecule has 0 aromatic rings. The van der Waals surface area contributed by atoms with Crippen LogP contribution in [0.5, 0.6) is 0 Å². The van der Waals surface area contributed by atoms with E-state index in [1.807, 2.05) is 0 Å². The van der Waals surface area contributed by atoms with Crippen molar-refractivity contribution in [2.24, 2.45) is 5.92 Å². The van der Waals surface area contributed by atoms with E-state index in [0.717, 1.165) is 38.9 Å². The van der Waals surface area contributed by atoms with Gasteiger partial charge in [-0.2, -0.15) is 0 Å². The molecule has 84 valence electrons. The predicted octanol–water partition coefficient (Wildman–Crippen LogP) is 1.83. The molecule has 0 aromatic heterocycles. The maximum atomic E-state index is 11.8. The minimum atomic E-state index is -0.185. The Morgan fingerprint density at radius 2 is 2.14 bits per heavy atom. The third-order valence-electron chi connectivity index (χ3n) is 3.05. The highest BCUT2D eigenvalue weighted by molar-refractivity contribution is 4.76. The molecular weight excluding hydrogens is 181 g/mol. The van der Waals surface area contributed by atoms with E-state index in [4.69, 9.17) is 0 Å². The van der Waals surface area contributed by atoms with Crippen molar-refractivity contribution in [3.05, 3.63) is 0 Å². The third-order valence-corrected chi connectivity index (χ3v) is 3.05. The molecule has 2 nitrogen and oxygen atoms in total. The highest BCUT2D eigenvalue weighted by Crippen LogP contribution is 2.16. The first-order valence-electron chi connectivity index (χ1n) is 5.70. The summed E-state index contributed by atoms with van der Waals surface area (Å²) >= 11 is 0. The number of hydrogen-bond donors (Lipinski definition) is 1. The molecule has 1 fully saturated rings. The summed E-state index contributed by atoms with van der Waals surface area (Å²) in [5.74, 6) is 0.393. The van der Waals surface area contributed by atoms with Crippen LogP contribution in [0.3, 0.4) is 0 Å². The SMILES string of the molecule is CC1CN(CCCCCF)CCC1O. The minimum absolute atomic E-state index is 0.114. The number of unbranched alkanes of at least 4 members (excludes halogenated alkanes) is 2. The zero-order chi connectivity index (χ0) is 10.4. The first-order chi connectivity index (χ1) is 6.74. The predicted molar refractivity (Wildman–Crippen MR) is 56.1 cm³/mol. The van der Waals surface area contributed by atoms with Gasteiger partial charge in [0.15, 0.2) is 0 Å². The van der Waals surface area contributed by atoms with Crippen LogP contribution in [0.2, 0.25) is 0 Å². The number of hydrogen-bond acceptors (Lipinski definition) is 2. The molecule has 1 rings (SSSR count). The number of likely N-dealkylation sites (tertiary alicyclic amines) is 1. The molecule has 0 bridgehead atoms. The lowest BCUT2D eigenvalue weighted by Crippen LogP contribution is -2.42. The second-order valence-corrected chi connectivity index (χ2v) is 4.38. The Morgan fingerprint density at radius 3 is 2.79 bits per heavy atom. The normalized spacial score (nSPS) is 29.4. The summed E-state index contributed by atoms with van der Waals surface area (Å²) in [4.78, 5) is 2.38. The van der Waals surface area contributed by atoms with Crippen molar-refractivity contribution in [1.29, 1.82) is 0 Å². The smallest absolute Gasteiger partial charge is 0.0894 e. The van der Waals surface area contributed by atoms with Crippen molar-refractivity contribution in [1.82, 2.24) is 4.90 Å². The Hall–Kier alpha value is -0.150. The van der Waals surface area contributed by atoms with E-state index >= 15 is 0 Å². The van der Waals surface area contributed by atoms with Crippen molar-refractivity contribution in [2.45, 2.75) is 38.7 Å². The zero-order valence-corrected chi connectivity index (χ0v) is 9.08. The highest BCUT2D eigenvalue weighted by Gasteiger charge is 2.23. The maximum absolute atomic E-state index is 11.8. The fraction of sp³-hybridized carbons (Fsp3) is 1.00. The van der Waals surface area contributed by atoms with E-state index in [-0.39, 0.29) is 12.8 Å². The van der Waals surface area contributed by atoms with E-state index in [1.54, 1.807) is 0 Å². The van der Waals surface area contributed by atoms with Crippen LogP contribution in [-0.4, -0.2) is 42.4 Å². The van der Waals surface area contributed by atoms with Crippen LogP contribution in [0, 0.1) is 5.92 Å². The number of alkyl halides is 1. The van der Waals surface area contributed by atoms with E-state index in [1.165, 1.54) is 0 Å². The lowest BCUT2D eigenvalue weighted by atomic mass is 9.96. The number of halogens is 1. The molecule has 3 heteroatoms. The van der Waals surface area contributed by atoms with Crippen LogP contribution in [0.15, 0.2) is 0 Å².